The van der Waals surface area contributed by atoms with Gasteiger partial charge in [0.25, 0.3) is 0 Å². The molecule has 0 aromatic carbocycles. The minimum Gasteiger partial charge on any atom is -0.380 e. The fourth-order valence-electron chi connectivity index (χ4n) is 1.67. The summed E-state index contributed by atoms with van der Waals surface area (Å²) in [5, 5.41) is 5.70. The zero-order valence-corrected chi connectivity index (χ0v) is 11.3. The summed E-state index contributed by atoms with van der Waals surface area (Å²) in [6.07, 6.45) is 1.10. The van der Waals surface area contributed by atoms with Crippen molar-refractivity contribution in [2.24, 2.45) is 5.92 Å². The van der Waals surface area contributed by atoms with Gasteiger partial charge in [-0.1, -0.05) is 26.8 Å². The van der Waals surface area contributed by atoms with Gasteiger partial charge in [0.05, 0.1) is 6.61 Å². The zero-order valence-electron chi connectivity index (χ0n) is 10.5. The van der Waals surface area contributed by atoms with Crippen LogP contribution in [0.15, 0.2) is 17.5 Å². The Hall–Kier alpha value is -0.380. The van der Waals surface area contributed by atoms with E-state index in [0.717, 1.165) is 26.2 Å². The van der Waals surface area contributed by atoms with Gasteiger partial charge in [-0.3, -0.25) is 0 Å². The Morgan fingerprint density at radius 3 is 2.75 bits per heavy atom. The molecule has 0 amide bonds. The SMILES string of the molecule is CCCOCCNC(c1cccs1)C(C)C. The standard InChI is InChI=1S/C13H23NOS/c1-4-8-15-9-7-14-13(11(2)3)12-6-5-10-16-12/h5-6,10-11,13-14H,4,7-9H2,1-3H3. The monoisotopic (exact) mass is 241 g/mol. The van der Waals surface area contributed by atoms with E-state index in [1.807, 2.05) is 11.3 Å². The van der Waals surface area contributed by atoms with Gasteiger partial charge in [-0.25, -0.2) is 0 Å². The van der Waals surface area contributed by atoms with E-state index in [9.17, 15) is 0 Å². The second-order valence-electron chi connectivity index (χ2n) is 4.30. The number of hydrogen-bond donors (Lipinski definition) is 1. The van der Waals surface area contributed by atoms with Crippen LogP contribution in [0.5, 0.6) is 0 Å². The first-order valence-electron chi connectivity index (χ1n) is 6.10. The average Bonchev–Trinajstić information content (AvgIpc) is 2.76. The van der Waals surface area contributed by atoms with Gasteiger partial charge in [0, 0.05) is 24.1 Å². The van der Waals surface area contributed by atoms with Gasteiger partial charge in [0.1, 0.15) is 0 Å². The number of hydrogen-bond acceptors (Lipinski definition) is 3. The fourth-order valence-corrected chi connectivity index (χ4v) is 2.64. The van der Waals surface area contributed by atoms with Crippen molar-refractivity contribution in [2.75, 3.05) is 19.8 Å². The van der Waals surface area contributed by atoms with Crippen molar-refractivity contribution < 1.29 is 4.74 Å². The maximum atomic E-state index is 5.47. The van der Waals surface area contributed by atoms with Crippen LogP contribution in [0.4, 0.5) is 0 Å². The molecule has 1 rings (SSSR count). The van der Waals surface area contributed by atoms with Crippen LogP contribution in [0.25, 0.3) is 0 Å². The number of ether oxygens (including phenoxy) is 1. The predicted molar refractivity (Wildman–Crippen MR) is 71.0 cm³/mol. The van der Waals surface area contributed by atoms with E-state index in [1.54, 1.807) is 0 Å². The van der Waals surface area contributed by atoms with Crippen molar-refractivity contribution in [1.29, 1.82) is 0 Å². The van der Waals surface area contributed by atoms with Crippen molar-refractivity contribution in [3.63, 3.8) is 0 Å². The molecular formula is C13H23NOS. The van der Waals surface area contributed by atoms with Crippen LogP contribution < -0.4 is 5.32 Å². The molecule has 0 aliphatic heterocycles. The van der Waals surface area contributed by atoms with E-state index in [2.05, 4.69) is 43.6 Å². The van der Waals surface area contributed by atoms with Gasteiger partial charge in [-0.2, -0.15) is 0 Å². The Labute approximate surface area is 103 Å². The van der Waals surface area contributed by atoms with Crippen molar-refractivity contribution in [2.45, 2.75) is 33.2 Å². The van der Waals surface area contributed by atoms with E-state index in [4.69, 9.17) is 4.74 Å². The zero-order chi connectivity index (χ0) is 11.8. The topological polar surface area (TPSA) is 21.3 Å². The molecule has 0 spiro atoms. The van der Waals surface area contributed by atoms with Crippen LogP contribution in [0.3, 0.4) is 0 Å². The predicted octanol–water partition coefficient (Wildman–Crippen LogP) is 3.46. The first-order chi connectivity index (χ1) is 7.75. The molecule has 0 bridgehead atoms. The number of nitrogens with one attached hydrogen (secondary N) is 1. The highest BCUT2D eigenvalue weighted by molar-refractivity contribution is 7.10. The summed E-state index contributed by atoms with van der Waals surface area (Å²) in [5.74, 6) is 0.616. The van der Waals surface area contributed by atoms with Crippen LogP contribution in [0.2, 0.25) is 0 Å². The molecule has 0 saturated heterocycles. The second-order valence-corrected chi connectivity index (χ2v) is 5.28. The molecular weight excluding hydrogens is 218 g/mol. The van der Waals surface area contributed by atoms with Gasteiger partial charge in [0.2, 0.25) is 0 Å². The molecule has 1 unspecified atom stereocenters. The first-order valence-corrected chi connectivity index (χ1v) is 6.98. The third kappa shape index (κ3) is 4.64. The molecule has 1 N–H and O–H groups in total. The molecule has 0 saturated carbocycles. The molecule has 1 aromatic heterocycles. The van der Waals surface area contributed by atoms with Gasteiger partial charge < -0.3 is 10.1 Å². The van der Waals surface area contributed by atoms with Gasteiger partial charge in [0.15, 0.2) is 0 Å². The largest absolute Gasteiger partial charge is 0.380 e. The van der Waals surface area contributed by atoms with Gasteiger partial charge >= 0.3 is 0 Å². The minimum absolute atomic E-state index is 0.463. The van der Waals surface area contributed by atoms with Crippen molar-refractivity contribution in [3.05, 3.63) is 22.4 Å². The highest BCUT2D eigenvalue weighted by atomic mass is 32.1. The molecule has 92 valence electrons. The van der Waals surface area contributed by atoms with Gasteiger partial charge in [-0.15, -0.1) is 11.3 Å². The fraction of sp³-hybridized carbons (Fsp3) is 0.692. The summed E-state index contributed by atoms with van der Waals surface area (Å²) >= 11 is 1.82. The van der Waals surface area contributed by atoms with Crippen molar-refractivity contribution >= 4 is 11.3 Å². The minimum atomic E-state index is 0.463. The maximum absolute atomic E-state index is 5.47. The molecule has 0 aliphatic rings. The Bertz CT molecular complexity index is 259. The van der Waals surface area contributed by atoms with E-state index in [-0.39, 0.29) is 0 Å². The average molecular weight is 241 g/mol. The van der Waals surface area contributed by atoms with E-state index >= 15 is 0 Å². The summed E-state index contributed by atoms with van der Waals surface area (Å²) < 4.78 is 5.47. The molecule has 1 atom stereocenters. The summed E-state index contributed by atoms with van der Waals surface area (Å²) in [7, 11) is 0. The third-order valence-corrected chi connectivity index (χ3v) is 3.43. The number of rotatable bonds is 8. The van der Waals surface area contributed by atoms with E-state index < -0.39 is 0 Å². The Morgan fingerprint density at radius 1 is 1.38 bits per heavy atom. The molecule has 1 heterocycles. The highest BCUT2D eigenvalue weighted by Crippen LogP contribution is 2.25. The molecule has 2 nitrogen and oxygen atoms in total. The van der Waals surface area contributed by atoms with Crippen LogP contribution in [0.1, 0.15) is 38.1 Å². The lowest BCUT2D eigenvalue weighted by Gasteiger charge is -2.21. The first kappa shape index (κ1) is 13.7. The Balaban J connectivity index is 2.30. The Morgan fingerprint density at radius 2 is 2.19 bits per heavy atom. The third-order valence-electron chi connectivity index (χ3n) is 2.48. The smallest absolute Gasteiger partial charge is 0.0591 e. The van der Waals surface area contributed by atoms with Crippen LogP contribution in [-0.2, 0) is 4.74 Å². The lowest BCUT2D eigenvalue weighted by atomic mass is 10.0. The maximum Gasteiger partial charge on any atom is 0.0591 e. The number of thiophene rings is 1. The molecule has 16 heavy (non-hydrogen) atoms. The van der Waals surface area contributed by atoms with Crippen LogP contribution in [-0.4, -0.2) is 19.8 Å². The van der Waals surface area contributed by atoms with Crippen LogP contribution in [0, 0.1) is 5.92 Å². The summed E-state index contributed by atoms with van der Waals surface area (Å²) in [6.45, 7) is 9.25. The molecule has 0 aliphatic carbocycles. The molecule has 0 radical (unpaired) electrons. The van der Waals surface area contributed by atoms with E-state index in [0.29, 0.717) is 12.0 Å². The summed E-state index contributed by atoms with van der Waals surface area (Å²) in [4.78, 5) is 1.42. The van der Waals surface area contributed by atoms with E-state index in [1.165, 1.54) is 4.88 Å². The van der Waals surface area contributed by atoms with Crippen LogP contribution >= 0.6 is 11.3 Å². The van der Waals surface area contributed by atoms with Crippen molar-refractivity contribution in [1.82, 2.24) is 5.32 Å². The summed E-state index contributed by atoms with van der Waals surface area (Å²) in [6, 6.07) is 4.78. The van der Waals surface area contributed by atoms with Crippen molar-refractivity contribution in [3.8, 4) is 0 Å². The normalized spacial score (nSPS) is 13.2. The Kier molecular flexibility index (Phi) is 6.69. The quantitative estimate of drug-likeness (QED) is 0.704. The molecule has 3 heteroatoms. The molecule has 1 aromatic rings. The highest BCUT2D eigenvalue weighted by Gasteiger charge is 2.15. The lowest BCUT2D eigenvalue weighted by Crippen LogP contribution is -2.28. The summed E-state index contributed by atoms with van der Waals surface area (Å²) in [5.41, 5.74) is 0. The molecule has 0 fully saturated rings. The second kappa shape index (κ2) is 7.82. The van der Waals surface area contributed by atoms with Gasteiger partial charge in [-0.05, 0) is 23.8 Å². The lowest BCUT2D eigenvalue weighted by molar-refractivity contribution is 0.133.